The van der Waals surface area contributed by atoms with E-state index < -0.39 is 0 Å². The summed E-state index contributed by atoms with van der Waals surface area (Å²) < 4.78 is 1.41. The van der Waals surface area contributed by atoms with Gasteiger partial charge < -0.3 is 10.2 Å². The smallest absolute Gasteiger partial charge is 0.261 e. The van der Waals surface area contributed by atoms with E-state index >= 15 is 0 Å². The predicted octanol–water partition coefficient (Wildman–Crippen LogP) is 1.77. The molecule has 0 radical (unpaired) electrons. The lowest BCUT2D eigenvalue weighted by atomic mass is 10.1. The molecule has 1 aliphatic rings. The summed E-state index contributed by atoms with van der Waals surface area (Å²) in [7, 11) is 1.69. The van der Waals surface area contributed by atoms with E-state index in [1.54, 1.807) is 36.2 Å². The van der Waals surface area contributed by atoms with Crippen molar-refractivity contribution in [2.75, 3.05) is 18.9 Å². The van der Waals surface area contributed by atoms with Gasteiger partial charge in [-0.15, -0.1) is 6.42 Å². The molecule has 6 nitrogen and oxygen atoms in total. The Morgan fingerprint density at radius 3 is 2.76 bits per heavy atom. The van der Waals surface area contributed by atoms with Gasteiger partial charge in [-0.1, -0.05) is 17.5 Å². The molecule has 0 atom stereocenters. The van der Waals surface area contributed by atoms with Crippen LogP contribution in [0.3, 0.4) is 0 Å². The molecule has 3 rings (SSSR count). The van der Waals surface area contributed by atoms with E-state index in [1.807, 2.05) is 0 Å². The van der Waals surface area contributed by atoms with E-state index in [4.69, 9.17) is 18.0 Å². The van der Waals surface area contributed by atoms with Gasteiger partial charge in [0.1, 0.15) is 0 Å². The van der Waals surface area contributed by atoms with Gasteiger partial charge in [-0.2, -0.15) is 0 Å². The molecule has 1 amide bonds. The number of nitrogens with one attached hydrogen (secondary N) is 1. The van der Waals surface area contributed by atoms with Crippen LogP contribution in [-0.4, -0.2) is 34.0 Å². The van der Waals surface area contributed by atoms with Crippen molar-refractivity contribution in [3.05, 3.63) is 56.5 Å². The van der Waals surface area contributed by atoms with Crippen molar-refractivity contribution < 1.29 is 4.79 Å². The molecule has 0 aliphatic carbocycles. The van der Waals surface area contributed by atoms with Crippen LogP contribution in [0.15, 0.2) is 29.1 Å². The second-order valence-electron chi connectivity index (χ2n) is 5.69. The Morgan fingerprint density at radius 1 is 1.40 bits per heavy atom. The lowest BCUT2D eigenvalue weighted by Gasteiger charge is -2.28. The third kappa shape index (κ3) is 3.24. The number of terminal acetylenes is 1. The lowest BCUT2D eigenvalue weighted by molar-refractivity contribution is 0.0732. The second-order valence-corrected chi connectivity index (χ2v) is 6.13. The number of aromatic nitrogens is 2. The van der Waals surface area contributed by atoms with Crippen molar-refractivity contribution in [3.63, 3.8) is 0 Å². The Kier molecular flexibility index (Phi) is 4.77. The van der Waals surface area contributed by atoms with Gasteiger partial charge in [0, 0.05) is 30.6 Å². The highest BCUT2D eigenvalue weighted by atomic mass is 35.5. The fourth-order valence-corrected chi connectivity index (χ4v) is 3.02. The van der Waals surface area contributed by atoms with Crippen molar-refractivity contribution >= 4 is 23.5 Å². The molecule has 25 heavy (non-hydrogen) atoms. The van der Waals surface area contributed by atoms with E-state index in [1.165, 1.54) is 4.57 Å². The molecule has 2 aromatic rings. The van der Waals surface area contributed by atoms with Crippen molar-refractivity contribution in [1.82, 2.24) is 14.5 Å². The summed E-state index contributed by atoms with van der Waals surface area (Å²) in [5.74, 6) is 2.77. The van der Waals surface area contributed by atoms with Gasteiger partial charge in [0.15, 0.2) is 0 Å². The summed E-state index contributed by atoms with van der Waals surface area (Å²) in [6.07, 6.45) is 5.88. The molecule has 0 spiro atoms. The highest BCUT2D eigenvalue weighted by Gasteiger charge is 2.26. The quantitative estimate of drug-likeness (QED) is 0.851. The summed E-state index contributed by atoms with van der Waals surface area (Å²) >= 11 is 5.87. The lowest BCUT2D eigenvalue weighted by Crippen LogP contribution is -2.41. The molecule has 1 N–H and O–H groups in total. The monoisotopic (exact) mass is 356 g/mol. The first-order valence-corrected chi connectivity index (χ1v) is 8.21. The number of benzene rings is 1. The van der Waals surface area contributed by atoms with E-state index in [0.29, 0.717) is 40.8 Å². The van der Waals surface area contributed by atoms with E-state index in [-0.39, 0.29) is 24.6 Å². The molecular formula is C18H17ClN4O2. The first-order chi connectivity index (χ1) is 12.0. The fraction of sp³-hybridized carbons (Fsp3) is 0.278. The maximum absolute atomic E-state index is 12.8. The first kappa shape index (κ1) is 17.1. The maximum atomic E-state index is 12.8. The van der Waals surface area contributed by atoms with E-state index in [0.717, 1.165) is 0 Å². The Hall–Kier alpha value is -2.78. The number of hydrogen-bond acceptors (Lipinski definition) is 4. The van der Waals surface area contributed by atoms with Gasteiger partial charge in [-0.25, -0.2) is 4.98 Å². The molecule has 0 fully saturated rings. The molecular weight excluding hydrogens is 340 g/mol. The highest BCUT2D eigenvalue weighted by Crippen LogP contribution is 2.19. The fourth-order valence-electron chi connectivity index (χ4n) is 2.89. The van der Waals surface area contributed by atoms with Crippen LogP contribution in [0, 0.1) is 12.3 Å². The first-order valence-electron chi connectivity index (χ1n) is 7.83. The Morgan fingerprint density at radius 2 is 2.12 bits per heavy atom. The molecule has 1 aromatic carbocycles. The van der Waals surface area contributed by atoms with Crippen LogP contribution in [0.5, 0.6) is 0 Å². The van der Waals surface area contributed by atoms with E-state index in [2.05, 4.69) is 16.2 Å². The summed E-state index contributed by atoms with van der Waals surface area (Å²) in [5.41, 5.74) is 1.56. The van der Waals surface area contributed by atoms with Crippen LogP contribution in [0.4, 0.5) is 5.95 Å². The standard InChI is InChI=1S/C18H17ClN4O2/c1-3-9-23-17(25)14-11-22(10-8-15(14)21-18(23)20-2)16(24)12-4-6-13(19)7-5-12/h1,4-7H,8-11H2,2H3,(H,20,21). The SMILES string of the molecule is C#CCn1c(NC)nc2c(c1=O)CN(C(=O)c1ccc(Cl)cc1)CC2. The van der Waals surface area contributed by atoms with Crippen LogP contribution in [0.1, 0.15) is 21.6 Å². The Labute approximate surface area is 150 Å². The molecule has 0 saturated carbocycles. The maximum Gasteiger partial charge on any atom is 0.261 e. The van der Waals surface area contributed by atoms with Gasteiger partial charge in [0.2, 0.25) is 5.95 Å². The molecule has 1 aliphatic heterocycles. The Balaban J connectivity index is 1.94. The molecule has 1 aromatic heterocycles. The number of fused-ring (bicyclic) bond motifs is 1. The molecule has 7 heteroatoms. The third-order valence-electron chi connectivity index (χ3n) is 4.17. The Bertz CT molecular complexity index is 912. The number of halogens is 1. The highest BCUT2D eigenvalue weighted by molar-refractivity contribution is 6.30. The van der Waals surface area contributed by atoms with Gasteiger partial charge in [0.25, 0.3) is 11.5 Å². The molecule has 0 saturated heterocycles. The summed E-state index contributed by atoms with van der Waals surface area (Å²) in [4.78, 5) is 31.6. The van der Waals surface area contributed by atoms with Crippen molar-refractivity contribution in [1.29, 1.82) is 0 Å². The number of rotatable bonds is 3. The second kappa shape index (κ2) is 6.99. The number of amides is 1. The topological polar surface area (TPSA) is 67.2 Å². The van der Waals surface area contributed by atoms with Gasteiger partial charge in [-0.05, 0) is 24.3 Å². The number of anilines is 1. The molecule has 128 valence electrons. The van der Waals surface area contributed by atoms with Crippen molar-refractivity contribution in [3.8, 4) is 12.3 Å². The normalized spacial score (nSPS) is 13.1. The number of hydrogen-bond donors (Lipinski definition) is 1. The van der Waals surface area contributed by atoms with Crippen LogP contribution in [-0.2, 0) is 19.5 Å². The average molecular weight is 357 g/mol. The predicted molar refractivity (Wildman–Crippen MR) is 96.8 cm³/mol. The minimum absolute atomic E-state index is 0.125. The number of carbonyl (C=O) groups excluding carboxylic acids is 1. The van der Waals surface area contributed by atoms with Crippen LogP contribution < -0.4 is 10.9 Å². The summed E-state index contributed by atoms with van der Waals surface area (Å²) in [6, 6.07) is 6.71. The van der Waals surface area contributed by atoms with Crippen LogP contribution in [0.2, 0.25) is 5.02 Å². The van der Waals surface area contributed by atoms with Crippen molar-refractivity contribution in [2.24, 2.45) is 0 Å². The zero-order valence-corrected chi connectivity index (χ0v) is 14.5. The van der Waals surface area contributed by atoms with Crippen molar-refractivity contribution in [2.45, 2.75) is 19.5 Å². The zero-order valence-electron chi connectivity index (χ0n) is 13.8. The largest absolute Gasteiger partial charge is 0.359 e. The molecule has 0 bridgehead atoms. The third-order valence-corrected chi connectivity index (χ3v) is 4.42. The minimum atomic E-state index is -0.207. The summed E-state index contributed by atoms with van der Waals surface area (Å²) in [5, 5.41) is 3.47. The van der Waals surface area contributed by atoms with E-state index in [9.17, 15) is 9.59 Å². The number of carbonyl (C=O) groups is 1. The minimum Gasteiger partial charge on any atom is -0.359 e. The summed E-state index contributed by atoms with van der Waals surface area (Å²) in [6.45, 7) is 0.848. The van der Waals surface area contributed by atoms with Crippen LogP contribution in [0.25, 0.3) is 0 Å². The number of nitrogens with zero attached hydrogens (tertiary/aromatic N) is 3. The van der Waals surface area contributed by atoms with Gasteiger partial charge >= 0.3 is 0 Å². The van der Waals surface area contributed by atoms with Gasteiger partial charge in [0.05, 0.1) is 24.3 Å². The van der Waals surface area contributed by atoms with Crippen LogP contribution >= 0.6 is 11.6 Å². The molecule has 0 unspecified atom stereocenters. The average Bonchev–Trinajstić information content (AvgIpc) is 2.63. The zero-order chi connectivity index (χ0) is 18.0. The van der Waals surface area contributed by atoms with Gasteiger partial charge in [-0.3, -0.25) is 14.2 Å². The molecule has 2 heterocycles.